The average molecular weight is 161 g/mol. The van der Waals surface area contributed by atoms with E-state index in [-0.39, 0.29) is 0 Å². The SMILES string of the molecule is O=C1CC=CC2=C1C1NCC1C2. The molecule has 0 aromatic rings. The van der Waals surface area contributed by atoms with E-state index in [2.05, 4.69) is 11.4 Å². The van der Waals surface area contributed by atoms with Gasteiger partial charge in [0.05, 0.1) is 0 Å². The van der Waals surface area contributed by atoms with Gasteiger partial charge >= 0.3 is 0 Å². The van der Waals surface area contributed by atoms with Crippen LogP contribution < -0.4 is 5.32 Å². The van der Waals surface area contributed by atoms with Gasteiger partial charge in [-0.2, -0.15) is 0 Å². The van der Waals surface area contributed by atoms with E-state index in [1.165, 1.54) is 5.57 Å². The molecule has 0 amide bonds. The van der Waals surface area contributed by atoms with E-state index in [9.17, 15) is 4.79 Å². The Bertz CT molecular complexity index is 314. The van der Waals surface area contributed by atoms with Crippen LogP contribution in [0.1, 0.15) is 12.8 Å². The van der Waals surface area contributed by atoms with Crippen LogP contribution in [0.5, 0.6) is 0 Å². The molecule has 12 heavy (non-hydrogen) atoms. The lowest BCUT2D eigenvalue weighted by atomic mass is 9.89. The average Bonchev–Trinajstić information content (AvgIpc) is 2.26. The Labute approximate surface area is 71.3 Å². The van der Waals surface area contributed by atoms with Crippen molar-refractivity contribution in [1.29, 1.82) is 0 Å². The van der Waals surface area contributed by atoms with Gasteiger partial charge in [-0.1, -0.05) is 12.2 Å². The van der Waals surface area contributed by atoms with E-state index in [0.717, 1.165) is 24.5 Å². The second kappa shape index (κ2) is 2.07. The summed E-state index contributed by atoms with van der Waals surface area (Å²) < 4.78 is 0. The quantitative estimate of drug-likeness (QED) is 0.569. The Hall–Kier alpha value is -0.890. The van der Waals surface area contributed by atoms with Gasteiger partial charge in [-0.3, -0.25) is 4.79 Å². The third kappa shape index (κ3) is 0.661. The number of carbonyl (C=O) groups excluding carboxylic acids is 1. The molecule has 2 atom stereocenters. The molecule has 0 radical (unpaired) electrons. The minimum absolute atomic E-state index is 0.340. The first-order chi connectivity index (χ1) is 5.86. The zero-order valence-electron chi connectivity index (χ0n) is 6.84. The Balaban J connectivity index is 2.05. The maximum atomic E-state index is 11.5. The molecule has 2 heteroatoms. The maximum Gasteiger partial charge on any atom is 0.164 e. The molecule has 1 heterocycles. The molecule has 62 valence electrons. The highest BCUT2D eigenvalue weighted by atomic mass is 16.1. The zero-order valence-corrected chi connectivity index (χ0v) is 6.84. The summed E-state index contributed by atoms with van der Waals surface area (Å²) in [6, 6.07) is 0.414. The lowest BCUT2D eigenvalue weighted by molar-refractivity contribution is -0.115. The first kappa shape index (κ1) is 6.61. The van der Waals surface area contributed by atoms with Gasteiger partial charge in [-0.25, -0.2) is 0 Å². The van der Waals surface area contributed by atoms with Crippen molar-refractivity contribution < 1.29 is 4.79 Å². The van der Waals surface area contributed by atoms with Crippen LogP contribution in [0.3, 0.4) is 0 Å². The summed E-state index contributed by atoms with van der Waals surface area (Å²) in [5.41, 5.74) is 2.39. The summed E-state index contributed by atoms with van der Waals surface area (Å²) in [4.78, 5) is 11.5. The Morgan fingerprint density at radius 1 is 1.50 bits per heavy atom. The molecule has 3 aliphatic rings. The fourth-order valence-electron chi connectivity index (χ4n) is 2.45. The molecule has 1 aliphatic heterocycles. The lowest BCUT2D eigenvalue weighted by Gasteiger charge is -2.33. The van der Waals surface area contributed by atoms with Crippen LogP contribution in [0.15, 0.2) is 23.3 Å². The molecule has 0 aromatic heterocycles. The number of allylic oxidation sites excluding steroid dienone is 3. The van der Waals surface area contributed by atoms with Gasteiger partial charge < -0.3 is 5.32 Å². The predicted octanol–water partition coefficient (Wildman–Crippen LogP) is 0.804. The van der Waals surface area contributed by atoms with Crippen molar-refractivity contribution in [2.75, 3.05) is 6.54 Å². The molecule has 0 aromatic carbocycles. The van der Waals surface area contributed by atoms with Gasteiger partial charge in [0.25, 0.3) is 0 Å². The van der Waals surface area contributed by atoms with Crippen LogP contribution in [-0.2, 0) is 4.79 Å². The summed E-state index contributed by atoms with van der Waals surface area (Å²) in [5, 5.41) is 3.32. The molecule has 0 spiro atoms. The highest BCUT2D eigenvalue weighted by molar-refractivity contribution is 6.00. The van der Waals surface area contributed by atoms with Crippen LogP contribution >= 0.6 is 0 Å². The fourth-order valence-corrected chi connectivity index (χ4v) is 2.45. The summed E-state index contributed by atoms with van der Waals surface area (Å²) in [6.45, 7) is 1.10. The Kier molecular flexibility index (Phi) is 1.14. The van der Waals surface area contributed by atoms with E-state index in [1.807, 2.05) is 6.08 Å². The van der Waals surface area contributed by atoms with Crippen LogP contribution in [0.4, 0.5) is 0 Å². The molecule has 2 unspecified atom stereocenters. The van der Waals surface area contributed by atoms with Crippen molar-refractivity contribution in [1.82, 2.24) is 5.32 Å². The number of carbonyl (C=O) groups is 1. The van der Waals surface area contributed by atoms with Gasteiger partial charge in [-0.05, 0) is 17.9 Å². The van der Waals surface area contributed by atoms with Crippen molar-refractivity contribution in [3.05, 3.63) is 23.3 Å². The molecular weight excluding hydrogens is 150 g/mol. The molecule has 1 fully saturated rings. The molecule has 1 saturated heterocycles. The van der Waals surface area contributed by atoms with Crippen molar-refractivity contribution in [3.8, 4) is 0 Å². The van der Waals surface area contributed by atoms with E-state index < -0.39 is 0 Å². The van der Waals surface area contributed by atoms with Crippen LogP contribution in [0.2, 0.25) is 0 Å². The fraction of sp³-hybridized carbons (Fsp3) is 0.500. The number of Topliss-reactive ketones (excluding diaryl/α,β-unsaturated/α-hetero) is 1. The number of rotatable bonds is 0. The summed E-state index contributed by atoms with van der Waals surface area (Å²) in [5.74, 6) is 1.06. The van der Waals surface area contributed by atoms with E-state index in [0.29, 0.717) is 18.2 Å². The molecule has 0 saturated carbocycles. The molecular formula is C10H11NO. The second-order valence-electron chi connectivity index (χ2n) is 3.82. The van der Waals surface area contributed by atoms with Crippen molar-refractivity contribution in [2.45, 2.75) is 18.9 Å². The van der Waals surface area contributed by atoms with Gasteiger partial charge in [-0.15, -0.1) is 0 Å². The van der Waals surface area contributed by atoms with Gasteiger partial charge in [0.15, 0.2) is 5.78 Å². The smallest absolute Gasteiger partial charge is 0.164 e. The third-order valence-corrected chi connectivity index (χ3v) is 3.13. The van der Waals surface area contributed by atoms with E-state index in [1.54, 1.807) is 0 Å². The summed E-state index contributed by atoms with van der Waals surface area (Å²) in [7, 11) is 0. The summed E-state index contributed by atoms with van der Waals surface area (Å²) >= 11 is 0. The van der Waals surface area contributed by atoms with Crippen LogP contribution in [-0.4, -0.2) is 18.4 Å². The van der Waals surface area contributed by atoms with E-state index >= 15 is 0 Å². The maximum absolute atomic E-state index is 11.5. The topological polar surface area (TPSA) is 29.1 Å². The largest absolute Gasteiger partial charge is 0.309 e. The molecule has 1 N–H and O–H groups in total. The van der Waals surface area contributed by atoms with Crippen molar-refractivity contribution >= 4 is 5.78 Å². The Morgan fingerprint density at radius 2 is 2.42 bits per heavy atom. The summed E-state index contributed by atoms with van der Waals surface area (Å²) in [6.07, 6.45) is 5.86. The first-order valence-electron chi connectivity index (χ1n) is 4.52. The van der Waals surface area contributed by atoms with Crippen LogP contribution in [0.25, 0.3) is 0 Å². The number of hydrogen-bond acceptors (Lipinski definition) is 2. The van der Waals surface area contributed by atoms with Crippen molar-refractivity contribution in [3.63, 3.8) is 0 Å². The number of ketones is 1. The van der Waals surface area contributed by atoms with Gasteiger partial charge in [0, 0.05) is 24.6 Å². The Morgan fingerprint density at radius 3 is 3.17 bits per heavy atom. The second-order valence-corrected chi connectivity index (χ2v) is 3.82. The molecule has 0 bridgehead atoms. The first-order valence-corrected chi connectivity index (χ1v) is 4.52. The minimum Gasteiger partial charge on any atom is -0.309 e. The highest BCUT2D eigenvalue weighted by Crippen LogP contribution is 2.39. The molecule has 2 nitrogen and oxygen atoms in total. The molecule has 3 rings (SSSR count). The predicted molar refractivity (Wildman–Crippen MR) is 45.7 cm³/mol. The number of nitrogens with one attached hydrogen (secondary N) is 1. The standard InChI is InChI=1S/C10H11NO/c12-8-3-1-2-6-4-7-5-11-10(7)9(6)8/h1-2,7,10-11H,3-5H2. The van der Waals surface area contributed by atoms with Gasteiger partial charge in [0.1, 0.15) is 0 Å². The monoisotopic (exact) mass is 161 g/mol. The lowest BCUT2D eigenvalue weighted by Crippen LogP contribution is -2.52. The number of hydrogen-bond donors (Lipinski definition) is 1. The highest BCUT2D eigenvalue weighted by Gasteiger charge is 2.43. The molecule has 2 aliphatic carbocycles. The zero-order chi connectivity index (χ0) is 8.13. The minimum atomic E-state index is 0.340. The normalized spacial score (nSPS) is 37.8. The van der Waals surface area contributed by atoms with Crippen LogP contribution in [0, 0.1) is 5.92 Å². The van der Waals surface area contributed by atoms with Gasteiger partial charge in [0.2, 0.25) is 0 Å². The number of fused-ring (bicyclic) bond motifs is 2. The van der Waals surface area contributed by atoms with Crippen molar-refractivity contribution in [2.24, 2.45) is 5.92 Å². The third-order valence-electron chi connectivity index (χ3n) is 3.13. The van der Waals surface area contributed by atoms with E-state index in [4.69, 9.17) is 0 Å².